The Kier molecular flexibility index (Phi) is 11.1. The Balaban J connectivity index is 1.46. The Labute approximate surface area is 237 Å². The summed E-state index contributed by atoms with van der Waals surface area (Å²) in [7, 11) is 0. The Bertz CT molecular complexity index is 1440. The van der Waals surface area contributed by atoms with Crippen molar-refractivity contribution < 1.29 is 13.2 Å². The second-order valence-electron chi connectivity index (χ2n) is 11.0. The first-order chi connectivity index (χ1) is 19.5. The molecule has 0 spiro atoms. The van der Waals surface area contributed by atoms with Crippen LogP contribution in [-0.4, -0.2) is 0 Å². The number of unbranched alkanes of at least 4 members (excludes halogenated alkanes) is 9. The molecule has 212 valence electrons. The van der Waals surface area contributed by atoms with E-state index in [9.17, 15) is 9.18 Å². The van der Waals surface area contributed by atoms with Gasteiger partial charge >= 0.3 is 5.63 Å². The minimum absolute atomic E-state index is 0.0235. The molecule has 0 bridgehead atoms. The second kappa shape index (κ2) is 14.9. The first kappa shape index (κ1) is 29.7. The summed E-state index contributed by atoms with van der Waals surface area (Å²) in [5.41, 5.74) is 2.59. The maximum Gasteiger partial charge on any atom is 0.346 e. The van der Waals surface area contributed by atoms with E-state index in [1.54, 1.807) is 48.5 Å². The molecule has 0 saturated carbocycles. The average molecular weight is 545 g/mol. The van der Waals surface area contributed by atoms with Crippen LogP contribution in [0.3, 0.4) is 0 Å². The van der Waals surface area contributed by atoms with Crippen LogP contribution in [0.1, 0.15) is 95.8 Å². The predicted octanol–water partition coefficient (Wildman–Crippen LogP) is 10.8. The van der Waals surface area contributed by atoms with Crippen LogP contribution in [0, 0.1) is 11.6 Å². The van der Waals surface area contributed by atoms with Gasteiger partial charge in [0.15, 0.2) is 0 Å². The highest BCUT2D eigenvalue weighted by atomic mass is 19.1. The van der Waals surface area contributed by atoms with Crippen molar-refractivity contribution in [2.75, 3.05) is 0 Å². The zero-order valence-corrected chi connectivity index (χ0v) is 24.0. The van der Waals surface area contributed by atoms with Gasteiger partial charge < -0.3 is 4.42 Å². The molecule has 2 nitrogen and oxygen atoms in total. The fraction of sp³-hybridized carbons (Fsp3) is 0.417. The molecule has 0 fully saturated rings. The van der Waals surface area contributed by atoms with Crippen molar-refractivity contribution in [3.05, 3.63) is 94.0 Å². The SMILES string of the molecule is CCCCCCCCc1cc2ccc(-c3ccc(-c4ccc(CCCCCCC)cc4F)cc3)c(F)c2c(=O)o1. The van der Waals surface area contributed by atoms with E-state index in [-0.39, 0.29) is 11.2 Å². The van der Waals surface area contributed by atoms with Crippen LogP contribution in [0.15, 0.2) is 69.9 Å². The summed E-state index contributed by atoms with van der Waals surface area (Å²) < 4.78 is 36.0. The van der Waals surface area contributed by atoms with Gasteiger partial charge in [-0.05, 0) is 53.5 Å². The van der Waals surface area contributed by atoms with Crippen LogP contribution in [-0.2, 0) is 12.8 Å². The standard InChI is InChI=1S/C36H42F2O2/c1-3-5-7-9-11-13-15-30-25-29-21-23-32(35(38)34(29)36(39)40-30)28-19-17-27(18-20-28)31-22-16-26(24-33(31)37)14-12-10-8-6-4-2/h16-25H,3-15H2,1-2H3. The van der Waals surface area contributed by atoms with Crippen LogP contribution in [0.5, 0.6) is 0 Å². The highest BCUT2D eigenvalue weighted by molar-refractivity contribution is 5.87. The average Bonchev–Trinajstić information content (AvgIpc) is 2.95. The van der Waals surface area contributed by atoms with Gasteiger partial charge in [0, 0.05) is 17.5 Å². The van der Waals surface area contributed by atoms with Gasteiger partial charge in [0.05, 0.1) is 0 Å². The summed E-state index contributed by atoms with van der Waals surface area (Å²) >= 11 is 0. The molecule has 0 aliphatic heterocycles. The third-order valence-corrected chi connectivity index (χ3v) is 7.80. The molecular weight excluding hydrogens is 502 g/mol. The normalized spacial score (nSPS) is 11.4. The van der Waals surface area contributed by atoms with E-state index in [0.29, 0.717) is 34.3 Å². The summed E-state index contributed by atoms with van der Waals surface area (Å²) in [5.74, 6) is -0.223. The Morgan fingerprint density at radius 3 is 1.85 bits per heavy atom. The van der Waals surface area contributed by atoms with Gasteiger partial charge in [-0.3, -0.25) is 0 Å². The minimum Gasteiger partial charge on any atom is -0.427 e. The summed E-state index contributed by atoms with van der Waals surface area (Å²) in [6.07, 6.45) is 14.4. The second-order valence-corrected chi connectivity index (χ2v) is 11.0. The molecule has 40 heavy (non-hydrogen) atoms. The lowest BCUT2D eigenvalue weighted by atomic mass is 9.96. The van der Waals surface area contributed by atoms with E-state index in [1.165, 1.54) is 51.4 Å². The number of rotatable bonds is 15. The first-order valence-corrected chi connectivity index (χ1v) is 15.2. The van der Waals surface area contributed by atoms with Gasteiger partial charge in [0.2, 0.25) is 0 Å². The largest absolute Gasteiger partial charge is 0.427 e. The Hall–Kier alpha value is -3.27. The molecule has 3 aromatic carbocycles. The molecule has 0 unspecified atom stereocenters. The maximum absolute atomic E-state index is 15.6. The summed E-state index contributed by atoms with van der Waals surface area (Å²) in [5, 5.41) is 0.534. The van der Waals surface area contributed by atoms with Gasteiger partial charge in [-0.2, -0.15) is 0 Å². The lowest BCUT2D eigenvalue weighted by molar-refractivity contribution is 0.453. The zero-order valence-electron chi connectivity index (χ0n) is 24.0. The van der Waals surface area contributed by atoms with Gasteiger partial charge in [0.1, 0.15) is 22.8 Å². The molecule has 1 aromatic heterocycles. The van der Waals surface area contributed by atoms with Crippen LogP contribution >= 0.6 is 0 Å². The topological polar surface area (TPSA) is 30.2 Å². The smallest absolute Gasteiger partial charge is 0.346 e. The molecule has 0 atom stereocenters. The Morgan fingerprint density at radius 2 is 1.20 bits per heavy atom. The lowest BCUT2D eigenvalue weighted by Crippen LogP contribution is -2.05. The van der Waals surface area contributed by atoms with E-state index >= 15 is 4.39 Å². The fourth-order valence-electron chi connectivity index (χ4n) is 5.43. The summed E-state index contributed by atoms with van der Waals surface area (Å²) in [4.78, 5) is 12.7. The number of aryl methyl sites for hydroxylation is 2. The van der Waals surface area contributed by atoms with Crippen molar-refractivity contribution in [3.63, 3.8) is 0 Å². The number of fused-ring (bicyclic) bond motifs is 1. The highest BCUT2D eigenvalue weighted by Gasteiger charge is 2.15. The fourth-order valence-corrected chi connectivity index (χ4v) is 5.43. The molecule has 0 amide bonds. The monoisotopic (exact) mass is 544 g/mol. The van der Waals surface area contributed by atoms with Crippen molar-refractivity contribution in [1.82, 2.24) is 0 Å². The van der Waals surface area contributed by atoms with Crippen LogP contribution in [0.4, 0.5) is 8.78 Å². The summed E-state index contributed by atoms with van der Waals surface area (Å²) in [6, 6.07) is 17.9. The number of hydrogen-bond acceptors (Lipinski definition) is 2. The molecule has 4 rings (SSSR count). The molecule has 4 heteroatoms. The number of benzene rings is 3. The Morgan fingerprint density at radius 1 is 0.625 bits per heavy atom. The van der Waals surface area contributed by atoms with Crippen molar-refractivity contribution in [2.45, 2.75) is 97.3 Å². The molecule has 0 N–H and O–H groups in total. The van der Waals surface area contributed by atoms with Gasteiger partial charge in [0.25, 0.3) is 0 Å². The van der Waals surface area contributed by atoms with E-state index < -0.39 is 11.4 Å². The molecular formula is C36H42F2O2. The third-order valence-electron chi connectivity index (χ3n) is 7.80. The van der Waals surface area contributed by atoms with Crippen LogP contribution < -0.4 is 5.63 Å². The van der Waals surface area contributed by atoms with Gasteiger partial charge in [-0.15, -0.1) is 0 Å². The van der Waals surface area contributed by atoms with Gasteiger partial charge in [-0.25, -0.2) is 13.6 Å². The molecule has 4 aromatic rings. The van der Waals surface area contributed by atoms with Crippen molar-refractivity contribution in [2.24, 2.45) is 0 Å². The predicted molar refractivity (Wildman–Crippen MR) is 163 cm³/mol. The van der Waals surface area contributed by atoms with E-state index in [4.69, 9.17) is 4.42 Å². The van der Waals surface area contributed by atoms with E-state index in [2.05, 4.69) is 13.8 Å². The van der Waals surface area contributed by atoms with Crippen molar-refractivity contribution >= 4 is 10.8 Å². The number of hydrogen-bond donors (Lipinski definition) is 0. The van der Waals surface area contributed by atoms with Crippen molar-refractivity contribution in [1.29, 1.82) is 0 Å². The molecule has 0 aliphatic rings. The van der Waals surface area contributed by atoms with E-state index in [0.717, 1.165) is 36.8 Å². The van der Waals surface area contributed by atoms with Gasteiger partial charge in [-0.1, -0.05) is 120 Å². The highest BCUT2D eigenvalue weighted by Crippen LogP contribution is 2.31. The molecule has 1 heterocycles. The maximum atomic E-state index is 15.6. The summed E-state index contributed by atoms with van der Waals surface area (Å²) in [6.45, 7) is 4.39. The van der Waals surface area contributed by atoms with Crippen LogP contribution in [0.2, 0.25) is 0 Å². The number of halogens is 2. The van der Waals surface area contributed by atoms with E-state index in [1.807, 2.05) is 12.1 Å². The zero-order chi connectivity index (χ0) is 28.3. The quantitative estimate of drug-likeness (QED) is 0.139. The van der Waals surface area contributed by atoms with Crippen molar-refractivity contribution in [3.8, 4) is 22.3 Å². The molecule has 0 saturated heterocycles. The first-order valence-electron chi connectivity index (χ1n) is 15.2. The molecule has 0 aliphatic carbocycles. The third kappa shape index (κ3) is 7.68. The molecule has 0 radical (unpaired) electrons. The van der Waals surface area contributed by atoms with Crippen LogP contribution in [0.25, 0.3) is 33.0 Å². The lowest BCUT2D eigenvalue weighted by Gasteiger charge is -2.10. The minimum atomic E-state index is -0.637.